The van der Waals surface area contributed by atoms with E-state index >= 15 is 0 Å². The molecule has 1 aliphatic rings. The van der Waals surface area contributed by atoms with Gasteiger partial charge in [-0.1, -0.05) is 89.6 Å². The molecule has 2 N–H and O–H groups in total. The summed E-state index contributed by atoms with van der Waals surface area (Å²) in [6.07, 6.45) is 3.44. The van der Waals surface area contributed by atoms with E-state index in [9.17, 15) is 14.7 Å². The van der Waals surface area contributed by atoms with Crippen LogP contribution >= 0.6 is 11.8 Å². The number of rotatable bonds is 9. The monoisotopic (exact) mass is 573 g/mol. The van der Waals surface area contributed by atoms with Crippen molar-refractivity contribution in [2.24, 2.45) is 5.92 Å². The van der Waals surface area contributed by atoms with E-state index in [0.717, 1.165) is 52.3 Å². The van der Waals surface area contributed by atoms with Crippen molar-refractivity contribution in [3.63, 3.8) is 0 Å². The van der Waals surface area contributed by atoms with Crippen LogP contribution in [0.4, 0.5) is 5.69 Å². The summed E-state index contributed by atoms with van der Waals surface area (Å²) >= 11 is 1.67. The Hall–Kier alpha value is -3.31. The lowest BCUT2D eigenvalue weighted by Crippen LogP contribution is -2.21. The van der Waals surface area contributed by atoms with Crippen LogP contribution in [0.3, 0.4) is 0 Å². The van der Waals surface area contributed by atoms with E-state index in [-0.39, 0.29) is 23.4 Å². The molecule has 0 saturated heterocycles. The van der Waals surface area contributed by atoms with Gasteiger partial charge in [-0.15, -0.1) is 11.8 Å². The number of anilines is 1. The minimum Gasteiger partial charge on any atom is -0.512 e. The van der Waals surface area contributed by atoms with E-state index < -0.39 is 0 Å². The molecule has 1 unspecified atom stereocenters. The molecule has 0 bridgehead atoms. The van der Waals surface area contributed by atoms with Crippen LogP contribution in [0, 0.1) is 12.8 Å². The summed E-state index contributed by atoms with van der Waals surface area (Å²) in [5, 5.41) is 14.1. The molecule has 0 spiro atoms. The fraction of sp³-hybridized carbons (Fsp3) is 0.389. The largest absolute Gasteiger partial charge is 0.512 e. The van der Waals surface area contributed by atoms with Gasteiger partial charge in [-0.3, -0.25) is 9.59 Å². The number of ketones is 1. The van der Waals surface area contributed by atoms with Gasteiger partial charge >= 0.3 is 0 Å². The van der Waals surface area contributed by atoms with Gasteiger partial charge in [0, 0.05) is 23.3 Å². The van der Waals surface area contributed by atoms with Crippen LogP contribution in [0.2, 0.25) is 0 Å². The minimum absolute atomic E-state index is 0.0440. The average Bonchev–Trinajstić information content (AvgIpc) is 3.00. The average molecular weight is 574 g/mol. The summed E-state index contributed by atoms with van der Waals surface area (Å²) in [4.78, 5) is 26.9. The molecule has 1 aliphatic carbocycles. The first-order valence-electron chi connectivity index (χ1n) is 15.1. The number of aliphatic hydroxyl groups is 1. The van der Waals surface area contributed by atoms with E-state index in [0.29, 0.717) is 24.0 Å². The van der Waals surface area contributed by atoms with Crippen LogP contribution in [-0.4, -0.2) is 22.5 Å². The van der Waals surface area contributed by atoms with Crippen molar-refractivity contribution in [1.82, 2.24) is 0 Å². The van der Waals surface area contributed by atoms with Crippen LogP contribution in [0.15, 0.2) is 77.4 Å². The zero-order valence-corrected chi connectivity index (χ0v) is 26.7. The standard InChI is InChI=1S/C32H35NO3S.2C2H6/c1-4-23-17-21(3)18-24(5-2)30(23)31-27(34)19-22(20-28(31)35)15-16-37-29-14-10-9-13-26(29)33-32(36)25-11-7-6-8-12-25;2*1-2/h6-14,17-18,22,34H,4-5,15-16,19-20H2,1-3H3,(H,33,36);2*1-2H3. The number of carbonyl (C=O) groups is 2. The van der Waals surface area contributed by atoms with Crippen LogP contribution < -0.4 is 5.32 Å². The second-order valence-corrected chi connectivity index (χ2v) is 10.8. The SMILES string of the molecule is CC.CC.CCc1cc(C)cc(CC)c1C1=C(O)CC(CCSc2ccccc2NC(=O)c2ccccc2)CC1=O. The normalized spacial score (nSPS) is 14.4. The van der Waals surface area contributed by atoms with Crippen molar-refractivity contribution in [3.8, 4) is 0 Å². The van der Waals surface area contributed by atoms with Crippen molar-refractivity contribution >= 4 is 34.7 Å². The number of aryl methyl sites for hydroxylation is 3. The molecule has 1 amide bonds. The Labute approximate surface area is 251 Å². The lowest BCUT2D eigenvalue weighted by molar-refractivity contribution is -0.115. The highest BCUT2D eigenvalue weighted by molar-refractivity contribution is 7.99. The Morgan fingerprint density at radius 3 is 2.07 bits per heavy atom. The first-order valence-corrected chi connectivity index (χ1v) is 16.1. The van der Waals surface area contributed by atoms with Gasteiger partial charge in [-0.05, 0) is 78.8 Å². The van der Waals surface area contributed by atoms with Crippen LogP contribution in [0.1, 0.15) is 93.4 Å². The Balaban J connectivity index is 0.00000141. The third kappa shape index (κ3) is 9.09. The topological polar surface area (TPSA) is 66.4 Å². The lowest BCUT2D eigenvalue weighted by atomic mass is 9.79. The molecule has 220 valence electrons. The Morgan fingerprint density at radius 1 is 0.902 bits per heavy atom. The molecule has 4 rings (SSSR count). The van der Waals surface area contributed by atoms with Crippen molar-refractivity contribution < 1.29 is 14.7 Å². The summed E-state index contributed by atoms with van der Waals surface area (Å²) in [6, 6.07) is 21.2. The molecule has 3 aromatic carbocycles. The summed E-state index contributed by atoms with van der Waals surface area (Å²) < 4.78 is 0. The number of para-hydroxylation sites is 1. The molecule has 0 aromatic heterocycles. The quantitative estimate of drug-likeness (QED) is 0.250. The third-order valence-electron chi connectivity index (χ3n) is 6.94. The van der Waals surface area contributed by atoms with E-state index in [4.69, 9.17) is 0 Å². The maximum Gasteiger partial charge on any atom is 0.255 e. The maximum absolute atomic E-state index is 13.3. The maximum atomic E-state index is 13.3. The molecule has 5 heteroatoms. The highest BCUT2D eigenvalue weighted by Gasteiger charge is 2.30. The molecule has 4 nitrogen and oxygen atoms in total. The number of aliphatic hydroxyl groups excluding tert-OH is 1. The molecule has 41 heavy (non-hydrogen) atoms. The molecule has 0 fully saturated rings. The van der Waals surface area contributed by atoms with E-state index in [1.54, 1.807) is 23.9 Å². The Morgan fingerprint density at radius 2 is 1.49 bits per heavy atom. The van der Waals surface area contributed by atoms with Gasteiger partial charge < -0.3 is 10.4 Å². The van der Waals surface area contributed by atoms with Gasteiger partial charge in [0.05, 0.1) is 11.3 Å². The predicted octanol–water partition coefficient (Wildman–Crippen LogP) is 9.86. The molecule has 1 atom stereocenters. The van der Waals surface area contributed by atoms with Gasteiger partial charge in [0.1, 0.15) is 5.76 Å². The zero-order chi connectivity index (χ0) is 30.4. The molecule has 0 heterocycles. The van der Waals surface area contributed by atoms with Gasteiger partial charge in [-0.2, -0.15) is 0 Å². The van der Waals surface area contributed by atoms with E-state index in [1.165, 1.54) is 5.56 Å². The zero-order valence-electron chi connectivity index (χ0n) is 25.8. The molecule has 0 saturated carbocycles. The fourth-order valence-electron chi connectivity index (χ4n) is 5.10. The molecular weight excluding hydrogens is 526 g/mol. The fourth-order valence-corrected chi connectivity index (χ4v) is 6.22. The van der Waals surface area contributed by atoms with Gasteiger partial charge in [0.15, 0.2) is 5.78 Å². The smallest absolute Gasteiger partial charge is 0.255 e. The van der Waals surface area contributed by atoms with Crippen molar-refractivity contribution in [2.45, 2.75) is 85.5 Å². The number of Topliss-reactive ketones (excluding diaryl/α,β-unsaturated/α-hetero) is 1. The number of benzene rings is 3. The first-order chi connectivity index (χ1) is 19.9. The van der Waals surface area contributed by atoms with Crippen LogP contribution in [0.25, 0.3) is 5.57 Å². The summed E-state index contributed by atoms with van der Waals surface area (Å²) in [6.45, 7) is 14.3. The summed E-state index contributed by atoms with van der Waals surface area (Å²) in [5.41, 5.74) is 6.35. The van der Waals surface area contributed by atoms with Crippen molar-refractivity contribution in [1.29, 1.82) is 0 Å². The third-order valence-corrected chi connectivity index (χ3v) is 8.04. The number of hydrogen-bond acceptors (Lipinski definition) is 4. The molecular formula is C36H47NO3S. The highest BCUT2D eigenvalue weighted by atomic mass is 32.2. The molecule has 0 aliphatic heterocycles. The van der Waals surface area contributed by atoms with Gasteiger partial charge in [0.25, 0.3) is 5.91 Å². The molecule has 3 aromatic rings. The number of allylic oxidation sites excluding steroid dienone is 2. The first kappa shape index (κ1) is 33.9. The van der Waals surface area contributed by atoms with Crippen LogP contribution in [-0.2, 0) is 17.6 Å². The van der Waals surface area contributed by atoms with Crippen molar-refractivity contribution in [3.05, 3.63) is 100 Å². The Kier molecular flexibility index (Phi) is 14.5. The van der Waals surface area contributed by atoms with E-state index in [1.807, 2.05) is 70.2 Å². The van der Waals surface area contributed by atoms with Gasteiger partial charge in [0.2, 0.25) is 0 Å². The number of amides is 1. The second kappa shape index (κ2) is 17.5. The molecule has 0 radical (unpaired) electrons. The van der Waals surface area contributed by atoms with Crippen LogP contribution in [0.5, 0.6) is 0 Å². The van der Waals surface area contributed by atoms with Crippen molar-refractivity contribution in [2.75, 3.05) is 11.1 Å². The highest BCUT2D eigenvalue weighted by Crippen LogP contribution is 2.38. The minimum atomic E-state index is -0.136. The number of nitrogens with one attached hydrogen (secondary N) is 1. The van der Waals surface area contributed by atoms with E-state index in [2.05, 4.69) is 38.2 Å². The summed E-state index contributed by atoms with van der Waals surface area (Å²) in [7, 11) is 0. The second-order valence-electron chi connectivity index (χ2n) is 9.64. The predicted molar refractivity (Wildman–Crippen MR) is 176 cm³/mol. The number of hydrogen-bond donors (Lipinski definition) is 2. The van der Waals surface area contributed by atoms with Gasteiger partial charge in [-0.25, -0.2) is 0 Å². The Bertz CT molecular complexity index is 1290. The summed E-state index contributed by atoms with van der Waals surface area (Å²) in [5.74, 6) is 1.04. The lowest BCUT2D eigenvalue weighted by Gasteiger charge is -2.26. The number of carbonyl (C=O) groups excluding carboxylic acids is 2. The number of thioether (sulfide) groups is 1.